The Labute approximate surface area is 171 Å². The summed E-state index contributed by atoms with van der Waals surface area (Å²) in [6.07, 6.45) is 9.57. The maximum atomic E-state index is 4.83. The quantitative estimate of drug-likeness (QED) is 0.699. The van der Waals surface area contributed by atoms with Crippen molar-refractivity contribution < 1.29 is 0 Å². The van der Waals surface area contributed by atoms with Crippen LogP contribution >= 0.6 is 0 Å². The molecule has 3 heterocycles. The summed E-state index contributed by atoms with van der Waals surface area (Å²) in [5.41, 5.74) is 0. The third-order valence-electron chi connectivity index (χ3n) is 6.50. The lowest BCUT2D eigenvalue weighted by atomic mass is 10.2. The molecule has 158 valence electrons. The summed E-state index contributed by atoms with van der Waals surface area (Å²) >= 11 is 0. The summed E-state index contributed by atoms with van der Waals surface area (Å²) in [5, 5.41) is 3.61. The largest absolute Gasteiger partial charge is 0.356 e. The zero-order valence-corrected chi connectivity index (χ0v) is 18.2. The first-order chi connectivity index (χ1) is 13.7. The van der Waals surface area contributed by atoms with Crippen molar-refractivity contribution in [3.63, 3.8) is 0 Å². The molecule has 2 aliphatic rings. The van der Waals surface area contributed by atoms with Crippen LogP contribution < -0.4 is 10.2 Å². The average molecular weight is 389 g/mol. The highest BCUT2D eigenvalue weighted by atomic mass is 15.3. The molecular weight excluding hydrogens is 348 g/mol. The number of nitrogens with one attached hydrogen (secondary N) is 1. The number of anilines is 2. The van der Waals surface area contributed by atoms with Gasteiger partial charge in [-0.05, 0) is 58.3 Å². The van der Waals surface area contributed by atoms with Crippen molar-refractivity contribution >= 4 is 11.8 Å². The van der Waals surface area contributed by atoms with Gasteiger partial charge in [0.25, 0.3) is 0 Å². The molecule has 28 heavy (non-hydrogen) atoms. The summed E-state index contributed by atoms with van der Waals surface area (Å²) in [4.78, 5) is 16.9. The fourth-order valence-corrected chi connectivity index (χ4v) is 4.47. The highest BCUT2D eigenvalue weighted by molar-refractivity contribution is 5.43. The molecule has 1 aromatic heterocycles. The first-order valence-electron chi connectivity index (χ1n) is 11.5. The van der Waals surface area contributed by atoms with Crippen LogP contribution in [0, 0.1) is 0 Å². The van der Waals surface area contributed by atoms with E-state index in [2.05, 4.69) is 51.8 Å². The van der Waals surface area contributed by atoms with Gasteiger partial charge < -0.3 is 15.1 Å². The molecule has 2 aliphatic heterocycles. The SMILES string of the molecule is CCN(CC)CCC(C)N1CCC(Nc2nccc(N3CCCCCC3)n2)C1. The van der Waals surface area contributed by atoms with Crippen molar-refractivity contribution in [2.24, 2.45) is 0 Å². The van der Waals surface area contributed by atoms with Gasteiger partial charge in [-0.3, -0.25) is 4.90 Å². The molecule has 2 atom stereocenters. The number of hydrogen-bond donors (Lipinski definition) is 1. The molecule has 0 aromatic carbocycles. The molecule has 1 N–H and O–H groups in total. The number of aromatic nitrogens is 2. The second-order valence-electron chi connectivity index (χ2n) is 8.43. The van der Waals surface area contributed by atoms with E-state index in [4.69, 9.17) is 4.98 Å². The Morgan fingerprint density at radius 1 is 1.14 bits per heavy atom. The van der Waals surface area contributed by atoms with E-state index in [0.29, 0.717) is 12.1 Å². The maximum absolute atomic E-state index is 4.83. The second kappa shape index (κ2) is 11.0. The topological polar surface area (TPSA) is 47.5 Å². The summed E-state index contributed by atoms with van der Waals surface area (Å²) in [6, 6.07) is 3.15. The van der Waals surface area contributed by atoms with Crippen LogP contribution in [0.25, 0.3) is 0 Å². The third kappa shape index (κ3) is 6.05. The smallest absolute Gasteiger partial charge is 0.224 e. The molecule has 2 saturated heterocycles. The zero-order valence-electron chi connectivity index (χ0n) is 18.2. The van der Waals surface area contributed by atoms with E-state index in [1.165, 1.54) is 51.6 Å². The Balaban J connectivity index is 1.49. The van der Waals surface area contributed by atoms with Crippen LogP contribution in [0.1, 0.15) is 59.3 Å². The molecule has 0 saturated carbocycles. The van der Waals surface area contributed by atoms with Crippen molar-refractivity contribution in [1.82, 2.24) is 19.8 Å². The Morgan fingerprint density at radius 2 is 1.89 bits per heavy atom. The molecule has 6 nitrogen and oxygen atoms in total. The molecule has 6 heteroatoms. The van der Waals surface area contributed by atoms with E-state index in [9.17, 15) is 0 Å². The van der Waals surface area contributed by atoms with Crippen molar-refractivity contribution in [1.29, 1.82) is 0 Å². The van der Waals surface area contributed by atoms with Gasteiger partial charge >= 0.3 is 0 Å². The minimum absolute atomic E-state index is 0.454. The summed E-state index contributed by atoms with van der Waals surface area (Å²) in [7, 11) is 0. The van der Waals surface area contributed by atoms with Gasteiger partial charge in [-0.25, -0.2) is 4.98 Å². The molecular formula is C22H40N6. The number of nitrogens with zero attached hydrogens (tertiary/aromatic N) is 5. The number of likely N-dealkylation sites (tertiary alicyclic amines) is 1. The van der Waals surface area contributed by atoms with Crippen LogP contribution in [0.4, 0.5) is 11.8 Å². The van der Waals surface area contributed by atoms with Crippen LogP contribution in [0.2, 0.25) is 0 Å². The lowest BCUT2D eigenvalue weighted by Gasteiger charge is -2.27. The van der Waals surface area contributed by atoms with E-state index in [1.54, 1.807) is 0 Å². The fourth-order valence-electron chi connectivity index (χ4n) is 4.47. The Bertz CT molecular complexity index is 568. The minimum Gasteiger partial charge on any atom is -0.356 e. The van der Waals surface area contributed by atoms with Crippen LogP contribution in [0.5, 0.6) is 0 Å². The first-order valence-corrected chi connectivity index (χ1v) is 11.5. The first kappa shape index (κ1) is 21.3. The maximum Gasteiger partial charge on any atom is 0.224 e. The van der Waals surface area contributed by atoms with E-state index in [0.717, 1.165) is 44.5 Å². The van der Waals surface area contributed by atoms with Gasteiger partial charge in [-0.15, -0.1) is 0 Å². The van der Waals surface area contributed by atoms with E-state index >= 15 is 0 Å². The van der Waals surface area contributed by atoms with E-state index < -0.39 is 0 Å². The molecule has 0 bridgehead atoms. The predicted molar refractivity (Wildman–Crippen MR) is 118 cm³/mol. The molecule has 1 aromatic rings. The summed E-state index contributed by atoms with van der Waals surface area (Å²) in [6.45, 7) is 14.9. The van der Waals surface area contributed by atoms with Crippen LogP contribution in [-0.2, 0) is 0 Å². The van der Waals surface area contributed by atoms with Gasteiger partial charge in [0.15, 0.2) is 0 Å². The molecule has 3 rings (SSSR count). The van der Waals surface area contributed by atoms with Gasteiger partial charge in [-0.1, -0.05) is 26.7 Å². The van der Waals surface area contributed by atoms with Gasteiger partial charge in [-0.2, -0.15) is 4.98 Å². The standard InChI is InChI=1S/C22H40N6/c1-4-26(5-2)16-11-19(3)28-17-12-20(18-28)24-22-23-13-10-21(25-22)27-14-8-6-7-9-15-27/h10,13,19-20H,4-9,11-12,14-18H2,1-3H3,(H,23,24,25). The van der Waals surface area contributed by atoms with Crippen molar-refractivity contribution in [3.8, 4) is 0 Å². The van der Waals surface area contributed by atoms with Gasteiger partial charge in [0, 0.05) is 44.5 Å². The number of rotatable bonds is 9. The molecule has 0 aliphatic carbocycles. The normalized spacial score (nSPS) is 22.4. The van der Waals surface area contributed by atoms with Gasteiger partial charge in [0.1, 0.15) is 5.82 Å². The van der Waals surface area contributed by atoms with E-state index in [1.807, 2.05) is 6.20 Å². The van der Waals surface area contributed by atoms with Crippen molar-refractivity contribution in [3.05, 3.63) is 12.3 Å². The lowest BCUT2D eigenvalue weighted by molar-refractivity contribution is 0.209. The Kier molecular flexibility index (Phi) is 8.34. The highest BCUT2D eigenvalue weighted by Gasteiger charge is 2.26. The van der Waals surface area contributed by atoms with Crippen molar-refractivity contribution in [2.75, 3.05) is 56.0 Å². The average Bonchev–Trinajstić information content (AvgIpc) is 3.01. The monoisotopic (exact) mass is 388 g/mol. The van der Waals surface area contributed by atoms with E-state index in [-0.39, 0.29) is 0 Å². The molecule has 2 fully saturated rings. The predicted octanol–water partition coefficient (Wildman–Crippen LogP) is 3.46. The molecule has 0 radical (unpaired) electrons. The number of hydrogen-bond acceptors (Lipinski definition) is 6. The summed E-state index contributed by atoms with van der Waals surface area (Å²) < 4.78 is 0. The van der Waals surface area contributed by atoms with Crippen LogP contribution in [0.15, 0.2) is 12.3 Å². The zero-order chi connectivity index (χ0) is 19.8. The van der Waals surface area contributed by atoms with Crippen molar-refractivity contribution in [2.45, 2.75) is 71.4 Å². The van der Waals surface area contributed by atoms with Gasteiger partial charge in [0.2, 0.25) is 5.95 Å². The third-order valence-corrected chi connectivity index (χ3v) is 6.50. The van der Waals surface area contributed by atoms with Gasteiger partial charge in [0.05, 0.1) is 0 Å². The Hall–Kier alpha value is -1.40. The lowest BCUT2D eigenvalue weighted by Crippen LogP contribution is -2.36. The minimum atomic E-state index is 0.454. The molecule has 2 unspecified atom stereocenters. The van der Waals surface area contributed by atoms with Crippen LogP contribution in [0.3, 0.4) is 0 Å². The summed E-state index contributed by atoms with van der Waals surface area (Å²) in [5.74, 6) is 1.88. The Morgan fingerprint density at radius 3 is 2.61 bits per heavy atom. The second-order valence-corrected chi connectivity index (χ2v) is 8.43. The van der Waals surface area contributed by atoms with Crippen LogP contribution in [-0.4, -0.2) is 77.7 Å². The fraction of sp³-hybridized carbons (Fsp3) is 0.818. The highest BCUT2D eigenvalue weighted by Crippen LogP contribution is 2.21. The molecule has 0 spiro atoms. The molecule has 0 amide bonds.